The first-order valence-electron chi connectivity index (χ1n) is 17.9. The van der Waals surface area contributed by atoms with E-state index < -0.39 is 5.97 Å². The van der Waals surface area contributed by atoms with Crippen molar-refractivity contribution in [3.05, 3.63) is 0 Å². The summed E-state index contributed by atoms with van der Waals surface area (Å²) < 4.78 is 5.75. The van der Waals surface area contributed by atoms with E-state index in [0.717, 1.165) is 71.1 Å². The summed E-state index contributed by atoms with van der Waals surface area (Å²) in [6.07, 6.45) is 25.6. The van der Waals surface area contributed by atoms with Gasteiger partial charge in [0.15, 0.2) is 0 Å². The van der Waals surface area contributed by atoms with E-state index in [-0.39, 0.29) is 19.0 Å². The molecule has 0 spiro atoms. The summed E-state index contributed by atoms with van der Waals surface area (Å²) in [4.78, 5) is 25.3. The Kier molecular flexibility index (Phi) is 31.8. The van der Waals surface area contributed by atoms with Crippen LogP contribution < -0.4 is 5.32 Å². The zero-order valence-corrected chi connectivity index (χ0v) is 27.9. The van der Waals surface area contributed by atoms with E-state index in [1.165, 1.54) is 89.9 Å². The normalized spacial score (nSPS) is 11.5. The Morgan fingerprint density at radius 1 is 0.643 bits per heavy atom. The molecule has 250 valence electrons. The summed E-state index contributed by atoms with van der Waals surface area (Å²) in [5.74, 6) is -0.221. The molecule has 0 saturated heterocycles. The second-order valence-corrected chi connectivity index (χ2v) is 12.3. The lowest BCUT2D eigenvalue weighted by Crippen LogP contribution is -2.31. The summed E-state index contributed by atoms with van der Waals surface area (Å²) in [7, 11) is 0. The topological polar surface area (TPSA) is 99.1 Å². The number of rotatable bonds is 34. The first-order valence-corrected chi connectivity index (χ1v) is 17.9. The number of hydrogen-bond acceptors (Lipinski definition) is 6. The van der Waals surface area contributed by atoms with Gasteiger partial charge in [-0.05, 0) is 77.0 Å². The van der Waals surface area contributed by atoms with E-state index in [9.17, 15) is 14.7 Å². The van der Waals surface area contributed by atoms with E-state index in [2.05, 4.69) is 24.1 Å². The number of ether oxygens (including phenoxy) is 1. The highest BCUT2D eigenvalue weighted by Crippen LogP contribution is 2.20. The number of hydrogen-bond donors (Lipinski definition) is 3. The van der Waals surface area contributed by atoms with E-state index in [4.69, 9.17) is 9.84 Å². The molecule has 0 rings (SSSR count). The van der Waals surface area contributed by atoms with Crippen molar-refractivity contribution in [3.63, 3.8) is 0 Å². The Morgan fingerprint density at radius 2 is 1.17 bits per heavy atom. The zero-order chi connectivity index (χ0) is 30.9. The summed E-state index contributed by atoms with van der Waals surface area (Å²) >= 11 is 0. The molecule has 0 unspecified atom stereocenters. The van der Waals surface area contributed by atoms with Crippen LogP contribution in [0.2, 0.25) is 0 Å². The summed E-state index contributed by atoms with van der Waals surface area (Å²) in [5, 5.41) is 21.5. The van der Waals surface area contributed by atoms with Crippen molar-refractivity contribution in [1.29, 1.82) is 0 Å². The number of esters is 1. The minimum Gasteiger partial charge on any atom is -0.481 e. The molecule has 0 amide bonds. The maximum Gasteiger partial charge on any atom is 0.305 e. The highest BCUT2D eigenvalue weighted by molar-refractivity contribution is 5.69. The third kappa shape index (κ3) is 30.3. The molecule has 0 aromatic rings. The largest absolute Gasteiger partial charge is 0.481 e. The Balaban J connectivity index is 3.93. The van der Waals surface area contributed by atoms with Crippen LogP contribution in [0.5, 0.6) is 0 Å². The van der Waals surface area contributed by atoms with Gasteiger partial charge in [-0.15, -0.1) is 0 Å². The summed E-state index contributed by atoms with van der Waals surface area (Å²) in [6.45, 7) is 9.73. The molecular weight excluding hydrogens is 528 g/mol. The van der Waals surface area contributed by atoms with Crippen LogP contribution in [0, 0.1) is 5.92 Å². The third-order valence-corrected chi connectivity index (χ3v) is 8.26. The predicted molar refractivity (Wildman–Crippen MR) is 176 cm³/mol. The molecule has 0 aliphatic carbocycles. The smallest absolute Gasteiger partial charge is 0.305 e. The third-order valence-electron chi connectivity index (χ3n) is 8.26. The Bertz CT molecular complexity index is 574. The number of nitrogens with one attached hydrogen (secondary N) is 1. The van der Waals surface area contributed by atoms with Crippen molar-refractivity contribution in [1.82, 2.24) is 10.2 Å². The van der Waals surface area contributed by atoms with Crippen LogP contribution in [0.15, 0.2) is 0 Å². The van der Waals surface area contributed by atoms with Gasteiger partial charge in [0.2, 0.25) is 0 Å². The molecule has 0 bridgehead atoms. The van der Waals surface area contributed by atoms with Gasteiger partial charge in [-0.2, -0.15) is 0 Å². The van der Waals surface area contributed by atoms with Gasteiger partial charge in [0.05, 0.1) is 13.2 Å². The number of aliphatic hydroxyl groups excluding tert-OH is 1. The standard InChI is InChI=1S/C35H70N2O5/c1-3-5-7-9-11-15-22-33(23-16-12-10-8-6-4-2)32-42-35(41)25-18-13-19-26-36-27-21-29-37(30-31-38)28-20-14-17-24-34(39)40/h33,36,38H,3-32H2,1-2H3,(H,39,40). The van der Waals surface area contributed by atoms with Gasteiger partial charge >= 0.3 is 11.9 Å². The fourth-order valence-corrected chi connectivity index (χ4v) is 5.53. The average molecular weight is 599 g/mol. The number of aliphatic carboxylic acids is 1. The molecule has 0 atom stereocenters. The second kappa shape index (κ2) is 32.7. The van der Waals surface area contributed by atoms with Gasteiger partial charge in [0.1, 0.15) is 0 Å². The number of carbonyl (C=O) groups excluding carboxylic acids is 1. The minimum absolute atomic E-state index is 0.0224. The maximum atomic E-state index is 12.4. The molecule has 0 fully saturated rings. The van der Waals surface area contributed by atoms with Crippen LogP contribution in [-0.4, -0.2) is 73.0 Å². The quantitative estimate of drug-likeness (QED) is 0.0508. The van der Waals surface area contributed by atoms with Crippen LogP contribution in [0.3, 0.4) is 0 Å². The highest BCUT2D eigenvalue weighted by atomic mass is 16.5. The number of unbranched alkanes of at least 4 members (excludes halogenated alkanes) is 14. The molecular formula is C35H70N2O5. The van der Waals surface area contributed by atoms with E-state index in [1.54, 1.807) is 0 Å². The molecule has 3 N–H and O–H groups in total. The molecule has 0 aliphatic heterocycles. The van der Waals surface area contributed by atoms with E-state index in [1.807, 2.05) is 0 Å². The van der Waals surface area contributed by atoms with Gasteiger partial charge < -0.3 is 25.2 Å². The zero-order valence-electron chi connectivity index (χ0n) is 27.9. The van der Waals surface area contributed by atoms with Crippen molar-refractivity contribution in [2.75, 3.05) is 45.9 Å². The fourth-order valence-electron chi connectivity index (χ4n) is 5.53. The summed E-state index contributed by atoms with van der Waals surface area (Å²) in [5.41, 5.74) is 0. The minimum atomic E-state index is -0.727. The van der Waals surface area contributed by atoms with Gasteiger partial charge in [0.25, 0.3) is 0 Å². The van der Waals surface area contributed by atoms with Crippen LogP contribution in [0.4, 0.5) is 0 Å². The number of carboxylic acid groups (broad SMARTS) is 1. The van der Waals surface area contributed by atoms with Gasteiger partial charge in [-0.3, -0.25) is 9.59 Å². The van der Waals surface area contributed by atoms with Gasteiger partial charge in [-0.25, -0.2) is 0 Å². The molecule has 0 aromatic carbocycles. The van der Waals surface area contributed by atoms with Gasteiger partial charge in [0, 0.05) is 19.4 Å². The SMILES string of the molecule is CCCCCCCCC(CCCCCCCC)COC(=O)CCCCCNCCCN(CCO)CCCCCC(=O)O. The molecule has 42 heavy (non-hydrogen) atoms. The second-order valence-electron chi connectivity index (χ2n) is 12.3. The lowest BCUT2D eigenvalue weighted by molar-refractivity contribution is -0.145. The Hall–Kier alpha value is -1.18. The highest BCUT2D eigenvalue weighted by Gasteiger charge is 2.12. The molecule has 0 aliphatic rings. The maximum absolute atomic E-state index is 12.4. The molecule has 0 radical (unpaired) electrons. The fraction of sp³-hybridized carbons (Fsp3) is 0.943. The molecule has 0 heterocycles. The first kappa shape index (κ1) is 40.8. The van der Waals surface area contributed by atoms with Crippen LogP contribution >= 0.6 is 0 Å². The van der Waals surface area contributed by atoms with Crippen molar-refractivity contribution in [3.8, 4) is 0 Å². The molecule has 0 aromatic heterocycles. The van der Waals surface area contributed by atoms with Gasteiger partial charge in [-0.1, -0.05) is 104 Å². The van der Waals surface area contributed by atoms with Crippen molar-refractivity contribution in [2.24, 2.45) is 5.92 Å². The predicted octanol–water partition coefficient (Wildman–Crippen LogP) is 8.13. The van der Waals surface area contributed by atoms with E-state index in [0.29, 0.717) is 25.5 Å². The number of aliphatic hydroxyl groups is 1. The first-order chi connectivity index (χ1) is 20.5. The monoisotopic (exact) mass is 599 g/mol. The summed E-state index contributed by atoms with van der Waals surface area (Å²) in [6, 6.07) is 0. The Labute approximate surface area is 259 Å². The Morgan fingerprint density at radius 3 is 1.79 bits per heavy atom. The van der Waals surface area contributed by atoms with Crippen molar-refractivity contribution < 1.29 is 24.5 Å². The van der Waals surface area contributed by atoms with E-state index >= 15 is 0 Å². The lowest BCUT2D eigenvalue weighted by atomic mass is 9.94. The number of nitrogens with zero attached hydrogens (tertiary/aromatic N) is 1. The molecule has 7 heteroatoms. The molecule has 0 saturated carbocycles. The van der Waals surface area contributed by atoms with Crippen molar-refractivity contribution in [2.45, 2.75) is 162 Å². The number of carbonyl (C=O) groups is 2. The van der Waals surface area contributed by atoms with Crippen molar-refractivity contribution >= 4 is 11.9 Å². The van der Waals surface area contributed by atoms with Crippen LogP contribution in [0.25, 0.3) is 0 Å². The average Bonchev–Trinajstić information content (AvgIpc) is 2.97. The van der Waals surface area contributed by atoms with Crippen LogP contribution in [0.1, 0.15) is 162 Å². The number of carboxylic acids is 1. The molecule has 7 nitrogen and oxygen atoms in total. The lowest BCUT2D eigenvalue weighted by Gasteiger charge is -2.21. The van der Waals surface area contributed by atoms with Crippen LogP contribution in [-0.2, 0) is 14.3 Å².